The Bertz CT molecular complexity index is 528. The Labute approximate surface area is 198 Å². The molecule has 0 saturated heterocycles. The van der Waals surface area contributed by atoms with Gasteiger partial charge in [-0.25, -0.2) is 9.59 Å². The van der Waals surface area contributed by atoms with E-state index in [4.69, 9.17) is 9.47 Å². The summed E-state index contributed by atoms with van der Waals surface area (Å²) in [5, 5.41) is 0. The summed E-state index contributed by atoms with van der Waals surface area (Å²) in [6.45, 7) is 13.5. The zero-order chi connectivity index (χ0) is 24.2. The molecule has 0 rings (SSSR count). The molecule has 4 nitrogen and oxygen atoms in total. The highest BCUT2D eigenvalue weighted by molar-refractivity contribution is 6.00. The first kappa shape index (κ1) is 30.7. The molecule has 32 heavy (non-hydrogen) atoms. The quantitative estimate of drug-likeness (QED) is 0.112. The van der Waals surface area contributed by atoms with Gasteiger partial charge in [-0.1, -0.05) is 112 Å². The average molecular weight is 453 g/mol. The van der Waals surface area contributed by atoms with Crippen molar-refractivity contribution >= 4 is 11.9 Å². The van der Waals surface area contributed by atoms with Crippen LogP contribution in [-0.2, 0) is 19.1 Å². The minimum absolute atomic E-state index is 0.118. The van der Waals surface area contributed by atoms with Crippen molar-refractivity contribution in [2.75, 3.05) is 13.2 Å². The van der Waals surface area contributed by atoms with E-state index in [1.165, 1.54) is 51.4 Å². The molecule has 0 aromatic heterocycles. The zero-order valence-electron chi connectivity index (χ0n) is 22.2. The highest BCUT2D eigenvalue weighted by Gasteiger charge is 2.27. The van der Waals surface area contributed by atoms with Crippen molar-refractivity contribution < 1.29 is 19.1 Å². The molecule has 0 aromatic rings. The minimum atomic E-state index is -0.339. The Morgan fingerprint density at radius 3 is 1.38 bits per heavy atom. The molecule has 0 bridgehead atoms. The smallest absolute Gasteiger partial charge is 0.334 e. The molecule has 4 heteroatoms. The molecule has 188 valence electrons. The van der Waals surface area contributed by atoms with Crippen LogP contribution in [-0.4, -0.2) is 25.2 Å². The molecule has 0 N–H and O–H groups in total. The maximum Gasteiger partial charge on any atom is 0.334 e. The third kappa shape index (κ3) is 16.3. The molecule has 0 aliphatic heterocycles. The minimum Gasteiger partial charge on any atom is -0.462 e. The van der Waals surface area contributed by atoms with E-state index in [9.17, 15) is 9.59 Å². The first-order valence-electron chi connectivity index (χ1n) is 13.3. The summed E-state index contributed by atoms with van der Waals surface area (Å²) in [6, 6.07) is 0. The van der Waals surface area contributed by atoms with Gasteiger partial charge < -0.3 is 9.47 Å². The fourth-order valence-corrected chi connectivity index (χ4v) is 3.73. The van der Waals surface area contributed by atoms with Crippen LogP contribution in [0, 0.1) is 5.41 Å². The number of esters is 2. The molecule has 0 saturated carbocycles. The Hall–Kier alpha value is -1.32. The number of ether oxygens (including phenoxy) is 2. The lowest BCUT2D eigenvalue weighted by Gasteiger charge is -2.22. The van der Waals surface area contributed by atoms with Gasteiger partial charge in [-0.15, -0.1) is 0 Å². The Balaban J connectivity index is 4.96. The lowest BCUT2D eigenvalue weighted by Crippen LogP contribution is -2.21. The van der Waals surface area contributed by atoms with E-state index in [1.807, 2.05) is 6.92 Å². The highest BCUT2D eigenvalue weighted by atomic mass is 16.5. The van der Waals surface area contributed by atoms with Crippen LogP contribution in [0.5, 0.6) is 0 Å². The number of carbonyl (C=O) groups is 2. The van der Waals surface area contributed by atoms with E-state index in [0.717, 1.165) is 32.1 Å². The van der Waals surface area contributed by atoms with Crippen LogP contribution >= 0.6 is 0 Å². The predicted octanol–water partition coefficient (Wildman–Crippen LogP) is 8.33. The van der Waals surface area contributed by atoms with Gasteiger partial charge in [-0.2, -0.15) is 0 Å². The van der Waals surface area contributed by atoms with E-state index >= 15 is 0 Å². The van der Waals surface area contributed by atoms with E-state index in [1.54, 1.807) is 0 Å². The summed E-state index contributed by atoms with van der Waals surface area (Å²) in [4.78, 5) is 25.9. The van der Waals surface area contributed by atoms with Gasteiger partial charge in [0.25, 0.3) is 0 Å². The standard InChI is InChI=1S/C28H52O4/c1-7-10-12-14-16-18-21-31-26(29)24(20-9-3)25(23-28(4,5)6)27(30)32-22-19-17-15-13-11-8-2/h7-23H2,1-6H3. The van der Waals surface area contributed by atoms with Crippen LogP contribution in [0.25, 0.3) is 0 Å². The summed E-state index contributed by atoms with van der Waals surface area (Å²) in [6.07, 6.45) is 15.6. The molecule has 0 fully saturated rings. The second-order valence-corrected chi connectivity index (χ2v) is 10.3. The monoisotopic (exact) mass is 452 g/mol. The second-order valence-electron chi connectivity index (χ2n) is 10.3. The molecule has 0 amide bonds. The van der Waals surface area contributed by atoms with E-state index < -0.39 is 0 Å². The number of rotatable bonds is 19. The molecule has 0 atom stereocenters. The molecule has 0 aliphatic carbocycles. The van der Waals surface area contributed by atoms with Gasteiger partial charge in [0, 0.05) is 11.1 Å². The van der Waals surface area contributed by atoms with Gasteiger partial charge in [-0.3, -0.25) is 0 Å². The zero-order valence-corrected chi connectivity index (χ0v) is 22.2. The van der Waals surface area contributed by atoms with Crippen molar-refractivity contribution in [3.63, 3.8) is 0 Å². The summed E-state index contributed by atoms with van der Waals surface area (Å²) in [5.41, 5.74) is 0.909. The number of hydrogen-bond acceptors (Lipinski definition) is 4. The van der Waals surface area contributed by atoms with Crippen molar-refractivity contribution in [3.05, 3.63) is 11.1 Å². The maximum absolute atomic E-state index is 13.0. The van der Waals surface area contributed by atoms with E-state index in [-0.39, 0.29) is 17.4 Å². The van der Waals surface area contributed by atoms with Gasteiger partial charge >= 0.3 is 11.9 Å². The van der Waals surface area contributed by atoms with E-state index in [0.29, 0.717) is 37.2 Å². The molecule has 0 aromatic carbocycles. The average Bonchev–Trinajstić information content (AvgIpc) is 2.73. The van der Waals surface area contributed by atoms with Crippen LogP contribution in [0.2, 0.25) is 0 Å². The third-order valence-electron chi connectivity index (χ3n) is 5.53. The van der Waals surface area contributed by atoms with Crippen molar-refractivity contribution in [3.8, 4) is 0 Å². The van der Waals surface area contributed by atoms with Crippen LogP contribution < -0.4 is 0 Å². The fourth-order valence-electron chi connectivity index (χ4n) is 3.73. The molecular formula is C28H52O4. The predicted molar refractivity (Wildman–Crippen MR) is 135 cm³/mol. The molecule has 0 spiro atoms. The van der Waals surface area contributed by atoms with Crippen LogP contribution in [0.15, 0.2) is 11.1 Å². The highest BCUT2D eigenvalue weighted by Crippen LogP contribution is 2.29. The Morgan fingerprint density at radius 1 is 0.562 bits per heavy atom. The molecule has 0 unspecified atom stereocenters. The molecule has 0 heterocycles. The van der Waals surface area contributed by atoms with Crippen LogP contribution in [0.3, 0.4) is 0 Å². The molecule has 0 radical (unpaired) electrons. The first-order chi connectivity index (χ1) is 15.3. The first-order valence-corrected chi connectivity index (χ1v) is 13.3. The van der Waals surface area contributed by atoms with E-state index in [2.05, 4.69) is 34.6 Å². The van der Waals surface area contributed by atoms with Gasteiger partial charge in [-0.05, 0) is 31.1 Å². The van der Waals surface area contributed by atoms with Gasteiger partial charge in [0.1, 0.15) is 0 Å². The van der Waals surface area contributed by atoms with Gasteiger partial charge in [0.05, 0.1) is 13.2 Å². The summed E-state index contributed by atoms with van der Waals surface area (Å²) in [5.74, 6) is -0.676. The SMILES string of the molecule is CCCCCCCCOC(=O)C(CCC)=C(CC(C)(C)C)C(=O)OCCCCCCCC. The lowest BCUT2D eigenvalue weighted by atomic mass is 9.85. The molecular weight excluding hydrogens is 400 g/mol. The summed E-state index contributed by atoms with van der Waals surface area (Å²) < 4.78 is 11.2. The number of carbonyl (C=O) groups excluding carboxylic acids is 2. The van der Waals surface area contributed by atoms with Crippen molar-refractivity contribution in [1.82, 2.24) is 0 Å². The van der Waals surface area contributed by atoms with Gasteiger partial charge in [0.2, 0.25) is 0 Å². The maximum atomic E-state index is 13.0. The summed E-state index contributed by atoms with van der Waals surface area (Å²) >= 11 is 0. The Kier molecular flexibility index (Phi) is 18.4. The molecule has 0 aliphatic rings. The number of hydrogen-bond donors (Lipinski definition) is 0. The van der Waals surface area contributed by atoms with Crippen molar-refractivity contribution in [2.45, 2.75) is 138 Å². The van der Waals surface area contributed by atoms with Gasteiger partial charge in [0.15, 0.2) is 0 Å². The van der Waals surface area contributed by atoms with Crippen LogP contribution in [0.4, 0.5) is 0 Å². The fraction of sp³-hybridized carbons (Fsp3) is 0.857. The Morgan fingerprint density at radius 2 is 0.969 bits per heavy atom. The van der Waals surface area contributed by atoms with Crippen LogP contribution in [0.1, 0.15) is 138 Å². The largest absolute Gasteiger partial charge is 0.462 e. The normalized spacial score (nSPS) is 12.4. The van der Waals surface area contributed by atoms with Crippen molar-refractivity contribution in [2.24, 2.45) is 5.41 Å². The van der Waals surface area contributed by atoms with Crippen molar-refractivity contribution in [1.29, 1.82) is 0 Å². The second kappa shape index (κ2) is 19.2. The number of unbranched alkanes of at least 4 members (excludes halogenated alkanes) is 10. The lowest BCUT2D eigenvalue weighted by molar-refractivity contribution is -0.143. The summed E-state index contributed by atoms with van der Waals surface area (Å²) in [7, 11) is 0. The third-order valence-corrected chi connectivity index (χ3v) is 5.53. The topological polar surface area (TPSA) is 52.6 Å².